The topological polar surface area (TPSA) is 131 Å². The van der Waals surface area contributed by atoms with Gasteiger partial charge in [-0.3, -0.25) is 14.4 Å². The summed E-state index contributed by atoms with van der Waals surface area (Å²) in [5.41, 5.74) is 6.50. The van der Waals surface area contributed by atoms with Gasteiger partial charge in [0.25, 0.3) is 0 Å². The molecule has 0 saturated heterocycles. The number of carboxylic acid groups (broad SMARTS) is 1. The lowest BCUT2D eigenvalue weighted by molar-refractivity contribution is -0.137. The third-order valence-electron chi connectivity index (χ3n) is 3.96. The van der Waals surface area contributed by atoms with Crippen LogP contribution in [0.2, 0.25) is 0 Å². The Morgan fingerprint density at radius 1 is 1.38 bits per heavy atom. The lowest BCUT2D eigenvalue weighted by atomic mass is 9.87. The average molecular weight is 341 g/mol. The van der Waals surface area contributed by atoms with Gasteiger partial charge in [0.1, 0.15) is 6.54 Å². The zero-order valence-electron chi connectivity index (χ0n) is 14.4. The molecule has 0 aromatic carbocycles. The molecule has 0 unspecified atom stereocenters. The first-order valence-electron chi connectivity index (χ1n) is 8.17. The van der Waals surface area contributed by atoms with E-state index in [0.717, 1.165) is 12.8 Å². The molecular formula is C16H27N3O5. The van der Waals surface area contributed by atoms with Crippen LogP contribution in [0.1, 0.15) is 40.0 Å². The van der Waals surface area contributed by atoms with Crippen molar-refractivity contribution in [1.82, 2.24) is 10.6 Å². The second kappa shape index (κ2) is 9.39. The first-order valence-corrected chi connectivity index (χ1v) is 8.17. The van der Waals surface area contributed by atoms with E-state index >= 15 is 0 Å². The number of hydrogen-bond donors (Lipinski definition) is 4. The summed E-state index contributed by atoms with van der Waals surface area (Å²) in [5, 5.41) is 13.8. The molecule has 0 heterocycles. The molecule has 8 nitrogen and oxygen atoms in total. The van der Waals surface area contributed by atoms with Crippen LogP contribution in [-0.2, 0) is 19.1 Å². The van der Waals surface area contributed by atoms with E-state index in [1.165, 1.54) is 6.92 Å². The van der Waals surface area contributed by atoms with Crippen molar-refractivity contribution in [3.8, 4) is 0 Å². The molecule has 0 aliphatic heterocycles. The van der Waals surface area contributed by atoms with Crippen LogP contribution >= 0.6 is 0 Å². The van der Waals surface area contributed by atoms with Crippen LogP contribution in [0.5, 0.6) is 0 Å². The lowest BCUT2D eigenvalue weighted by Crippen LogP contribution is -2.57. The predicted octanol–water partition coefficient (Wildman–Crippen LogP) is -0.0769. The molecule has 8 heteroatoms. The maximum Gasteiger partial charge on any atom is 0.322 e. The minimum absolute atomic E-state index is 0.0175. The number of aliphatic carboxylic acids is 1. The smallest absolute Gasteiger partial charge is 0.322 e. The largest absolute Gasteiger partial charge is 0.480 e. The Morgan fingerprint density at radius 2 is 2.00 bits per heavy atom. The highest BCUT2D eigenvalue weighted by molar-refractivity contribution is 5.95. The quantitative estimate of drug-likeness (QED) is 0.488. The summed E-state index contributed by atoms with van der Waals surface area (Å²) in [6.07, 6.45) is 2.91. The Kier molecular flexibility index (Phi) is 7.87. The summed E-state index contributed by atoms with van der Waals surface area (Å²) >= 11 is 0. The van der Waals surface area contributed by atoms with Crippen LogP contribution in [0.25, 0.3) is 0 Å². The Hall–Kier alpha value is -1.93. The standard InChI is InChI=1S/C16H27N3O5/c1-4-11(5-2)24-13-7-10(16(23)18-8-14(21)22)6-12(17)15(13)19-9(3)20/h7,11-13,15H,4-6,8,17H2,1-3H3,(H,18,23)(H,19,20)(H,21,22)/t12-,13+,15+/m0/s1. The van der Waals surface area contributed by atoms with Gasteiger partial charge in [-0.2, -0.15) is 0 Å². The Morgan fingerprint density at radius 3 is 2.50 bits per heavy atom. The Labute approximate surface area is 141 Å². The SMILES string of the molecule is CCC(CC)O[C@@H]1C=C(C(=O)NCC(=O)O)C[C@H](N)[C@H]1NC(C)=O. The van der Waals surface area contributed by atoms with Gasteiger partial charge in [0.2, 0.25) is 11.8 Å². The normalized spacial score (nSPS) is 23.5. The summed E-state index contributed by atoms with van der Waals surface area (Å²) < 4.78 is 6.01. The molecule has 0 fully saturated rings. The van der Waals surface area contributed by atoms with Crippen molar-refractivity contribution < 1.29 is 24.2 Å². The number of nitrogens with two attached hydrogens (primary N) is 1. The van der Waals surface area contributed by atoms with Crippen molar-refractivity contribution in [3.63, 3.8) is 0 Å². The van der Waals surface area contributed by atoms with Crippen LogP contribution in [0.3, 0.4) is 0 Å². The van der Waals surface area contributed by atoms with Crippen LogP contribution in [0, 0.1) is 0 Å². The number of ether oxygens (including phenoxy) is 1. The second-order valence-electron chi connectivity index (χ2n) is 5.90. The third-order valence-corrected chi connectivity index (χ3v) is 3.96. The molecule has 0 aromatic heterocycles. The van der Waals surface area contributed by atoms with E-state index in [2.05, 4.69) is 10.6 Å². The molecule has 24 heavy (non-hydrogen) atoms. The summed E-state index contributed by atoms with van der Waals surface area (Å²) in [4.78, 5) is 34.1. The fourth-order valence-electron chi connectivity index (χ4n) is 2.68. The van der Waals surface area contributed by atoms with Crippen LogP contribution in [-0.4, -0.2) is 53.7 Å². The minimum Gasteiger partial charge on any atom is -0.480 e. The molecule has 0 aromatic rings. The molecule has 2 amide bonds. The predicted molar refractivity (Wildman–Crippen MR) is 88.2 cm³/mol. The van der Waals surface area contributed by atoms with Crippen molar-refractivity contribution >= 4 is 17.8 Å². The number of rotatable bonds is 8. The molecular weight excluding hydrogens is 314 g/mol. The molecule has 5 N–H and O–H groups in total. The summed E-state index contributed by atoms with van der Waals surface area (Å²) in [6, 6.07) is -0.928. The van der Waals surface area contributed by atoms with E-state index in [9.17, 15) is 14.4 Å². The second-order valence-corrected chi connectivity index (χ2v) is 5.90. The zero-order valence-corrected chi connectivity index (χ0v) is 14.4. The van der Waals surface area contributed by atoms with E-state index in [1.807, 2.05) is 13.8 Å². The van der Waals surface area contributed by atoms with Crippen molar-refractivity contribution in [2.75, 3.05) is 6.54 Å². The van der Waals surface area contributed by atoms with Gasteiger partial charge in [-0.15, -0.1) is 0 Å². The highest BCUT2D eigenvalue weighted by atomic mass is 16.5. The Balaban J connectivity index is 2.96. The summed E-state index contributed by atoms with van der Waals surface area (Å²) in [6.45, 7) is 4.93. The third kappa shape index (κ3) is 5.93. The fourth-order valence-corrected chi connectivity index (χ4v) is 2.68. The van der Waals surface area contributed by atoms with Crippen molar-refractivity contribution in [2.45, 2.75) is 64.3 Å². The van der Waals surface area contributed by atoms with E-state index in [0.29, 0.717) is 5.57 Å². The average Bonchev–Trinajstić information content (AvgIpc) is 2.52. The van der Waals surface area contributed by atoms with E-state index in [1.54, 1.807) is 6.08 Å². The number of carbonyl (C=O) groups is 3. The van der Waals surface area contributed by atoms with Crippen LogP contribution in [0.4, 0.5) is 0 Å². The first-order chi connectivity index (χ1) is 11.3. The zero-order chi connectivity index (χ0) is 18.3. The van der Waals surface area contributed by atoms with E-state index in [4.69, 9.17) is 15.6 Å². The van der Waals surface area contributed by atoms with Gasteiger partial charge >= 0.3 is 5.97 Å². The number of amides is 2. The molecule has 0 bridgehead atoms. The summed E-state index contributed by atoms with van der Waals surface area (Å²) in [7, 11) is 0. The van der Waals surface area contributed by atoms with Gasteiger partial charge in [-0.05, 0) is 25.3 Å². The molecule has 1 aliphatic carbocycles. The number of hydrogen-bond acceptors (Lipinski definition) is 5. The van der Waals surface area contributed by atoms with E-state index in [-0.39, 0.29) is 18.4 Å². The highest BCUT2D eigenvalue weighted by Crippen LogP contribution is 2.23. The van der Waals surface area contributed by atoms with Gasteiger partial charge < -0.3 is 26.2 Å². The fraction of sp³-hybridized carbons (Fsp3) is 0.688. The highest BCUT2D eigenvalue weighted by Gasteiger charge is 2.35. The maximum atomic E-state index is 12.1. The number of carboxylic acids is 1. The van der Waals surface area contributed by atoms with Gasteiger partial charge in [-0.25, -0.2) is 0 Å². The maximum absolute atomic E-state index is 12.1. The Bertz CT molecular complexity index is 502. The van der Waals surface area contributed by atoms with Gasteiger partial charge in [-0.1, -0.05) is 13.8 Å². The van der Waals surface area contributed by atoms with E-state index < -0.39 is 36.6 Å². The molecule has 0 spiro atoms. The van der Waals surface area contributed by atoms with Crippen LogP contribution < -0.4 is 16.4 Å². The van der Waals surface area contributed by atoms with Gasteiger partial charge in [0.05, 0.1) is 18.2 Å². The van der Waals surface area contributed by atoms with Crippen molar-refractivity contribution in [2.24, 2.45) is 5.73 Å². The molecule has 136 valence electrons. The number of nitrogens with one attached hydrogen (secondary N) is 2. The molecule has 1 aliphatic rings. The number of carbonyl (C=O) groups excluding carboxylic acids is 2. The molecule has 0 radical (unpaired) electrons. The first kappa shape index (κ1) is 20.1. The molecule has 0 saturated carbocycles. The van der Waals surface area contributed by atoms with Crippen molar-refractivity contribution in [1.29, 1.82) is 0 Å². The molecule has 1 rings (SSSR count). The van der Waals surface area contributed by atoms with Crippen molar-refractivity contribution in [3.05, 3.63) is 11.6 Å². The van der Waals surface area contributed by atoms with Gasteiger partial charge in [0.15, 0.2) is 0 Å². The monoisotopic (exact) mass is 341 g/mol. The lowest BCUT2D eigenvalue weighted by Gasteiger charge is -2.36. The van der Waals surface area contributed by atoms with Crippen LogP contribution in [0.15, 0.2) is 11.6 Å². The van der Waals surface area contributed by atoms with Gasteiger partial charge in [0, 0.05) is 18.5 Å². The summed E-state index contributed by atoms with van der Waals surface area (Å²) in [5.74, 6) is -1.82. The molecule has 3 atom stereocenters. The minimum atomic E-state index is -1.12.